The number of aryl methyl sites for hydroxylation is 1. The molecule has 1 aliphatic rings. The molecule has 136 valence electrons. The fourth-order valence-corrected chi connectivity index (χ4v) is 3.30. The third kappa shape index (κ3) is 6.82. The maximum atomic E-state index is 6.05. The lowest BCUT2D eigenvalue weighted by atomic mass is 10.0. The van der Waals surface area contributed by atoms with Crippen LogP contribution in [0, 0.1) is 6.92 Å². The summed E-state index contributed by atoms with van der Waals surface area (Å²) in [7, 11) is 0. The molecule has 0 amide bonds. The van der Waals surface area contributed by atoms with Crippen molar-refractivity contribution in [2.24, 2.45) is 0 Å². The molecule has 3 heteroatoms. The largest absolute Gasteiger partial charge is 0.493 e. The predicted molar refractivity (Wildman–Crippen MR) is 99.9 cm³/mol. The highest BCUT2D eigenvalue weighted by Gasteiger charge is 2.16. The highest BCUT2D eigenvalue weighted by atomic mass is 16.5. The number of hydrogen-bond acceptors (Lipinski definition) is 2. The number of nitrogens with two attached hydrogens (primary N) is 1. The summed E-state index contributed by atoms with van der Waals surface area (Å²) in [6.07, 6.45) is 8.03. The van der Waals surface area contributed by atoms with E-state index >= 15 is 0 Å². The van der Waals surface area contributed by atoms with E-state index in [0.717, 1.165) is 31.9 Å². The van der Waals surface area contributed by atoms with Gasteiger partial charge < -0.3 is 14.8 Å². The molecule has 0 saturated carbocycles. The molecule has 3 nitrogen and oxygen atoms in total. The van der Waals surface area contributed by atoms with Crippen LogP contribution in [0.15, 0.2) is 18.2 Å². The average molecular weight is 335 g/mol. The Hall–Kier alpha value is -1.06. The van der Waals surface area contributed by atoms with Crippen LogP contribution in [0.25, 0.3) is 0 Å². The highest BCUT2D eigenvalue weighted by Crippen LogP contribution is 2.27. The first kappa shape index (κ1) is 19.3. The van der Waals surface area contributed by atoms with E-state index in [1.807, 2.05) is 0 Å². The standard InChI is InChI=1S/C21H35NO2/c1-17(2)20-11-10-18(3)15-21(20)24-13-7-5-4-6-12-22-16-19-9-8-14-23-19/h10-11,15,17,19,22H,4-9,12-14,16H2,1-3H3/p+1/t19-/m0/s1. The lowest BCUT2D eigenvalue weighted by Gasteiger charge is -2.14. The molecule has 0 radical (unpaired) electrons. The Labute approximate surface area is 148 Å². The molecule has 1 saturated heterocycles. The van der Waals surface area contributed by atoms with E-state index in [1.165, 1.54) is 49.8 Å². The topological polar surface area (TPSA) is 35.1 Å². The minimum atomic E-state index is 0.514. The molecule has 1 aromatic carbocycles. The van der Waals surface area contributed by atoms with Gasteiger partial charge in [-0.1, -0.05) is 26.0 Å². The first-order valence-corrected chi connectivity index (χ1v) is 9.83. The number of hydrogen-bond donors (Lipinski definition) is 1. The second-order valence-corrected chi connectivity index (χ2v) is 7.41. The molecule has 0 unspecified atom stereocenters. The van der Waals surface area contributed by atoms with Crippen molar-refractivity contribution in [3.05, 3.63) is 29.3 Å². The summed E-state index contributed by atoms with van der Waals surface area (Å²) < 4.78 is 11.7. The lowest BCUT2D eigenvalue weighted by molar-refractivity contribution is -0.661. The molecule has 1 aromatic rings. The Morgan fingerprint density at radius 1 is 1.21 bits per heavy atom. The van der Waals surface area contributed by atoms with Crippen molar-refractivity contribution in [1.82, 2.24) is 0 Å². The van der Waals surface area contributed by atoms with Gasteiger partial charge in [-0.05, 0) is 68.6 Å². The Bertz CT molecular complexity index is 467. The zero-order chi connectivity index (χ0) is 17.2. The molecule has 1 fully saturated rings. The number of ether oxygens (including phenoxy) is 2. The highest BCUT2D eigenvalue weighted by molar-refractivity contribution is 5.39. The fraction of sp³-hybridized carbons (Fsp3) is 0.714. The third-order valence-electron chi connectivity index (χ3n) is 4.80. The molecule has 0 spiro atoms. The SMILES string of the molecule is Cc1ccc(C(C)C)c(OCCCCCC[NH2+]C[C@@H]2CCCO2)c1. The van der Waals surface area contributed by atoms with Crippen molar-refractivity contribution in [3.8, 4) is 5.75 Å². The average Bonchev–Trinajstić information content (AvgIpc) is 3.06. The second kappa shape index (κ2) is 10.7. The van der Waals surface area contributed by atoms with Gasteiger partial charge in [0.1, 0.15) is 18.4 Å². The van der Waals surface area contributed by atoms with Crippen LogP contribution in [0.1, 0.15) is 69.4 Å². The van der Waals surface area contributed by atoms with Crippen LogP contribution in [-0.2, 0) is 4.74 Å². The van der Waals surface area contributed by atoms with Gasteiger partial charge in [0, 0.05) is 6.61 Å². The van der Waals surface area contributed by atoms with Crippen LogP contribution < -0.4 is 10.1 Å². The molecule has 24 heavy (non-hydrogen) atoms. The molecule has 1 heterocycles. The van der Waals surface area contributed by atoms with E-state index in [2.05, 4.69) is 44.3 Å². The van der Waals surface area contributed by atoms with Crippen LogP contribution in [-0.4, -0.2) is 32.4 Å². The maximum absolute atomic E-state index is 6.05. The molecule has 0 aromatic heterocycles. The van der Waals surface area contributed by atoms with Crippen molar-refractivity contribution in [2.45, 2.75) is 71.3 Å². The van der Waals surface area contributed by atoms with Gasteiger partial charge in [-0.2, -0.15) is 0 Å². The van der Waals surface area contributed by atoms with E-state index in [-0.39, 0.29) is 0 Å². The van der Waals surface area contributed by atoms with Gasteiger partial charge in [0.25, 0.3) is 0 Å². The van der Waals surface area contributed by atoms with Gasteiger partial charge in [-0.15, -0.1) is 0 Å². The summed E-state index contributed by atoms with van der Waals surface area (Å²) in [5, 5.41) is 2.42. The van der Waals surface area contributed by atoms with Crippen LogP contribution in [0.3, 0.4) is 0 Å². The van der Waals surface area contributed by atoms with Crippen molar-refractivity contribution < 1.29 is 14.8 Å². The Kier molecular flexibility index (Phi) is 8.62. The molecule has 0 aliphatic carbocycles. The molecular formula is C21H36NO2+. The summed E-state index contributed by atoms with van der Waals surface area (Å²) in [4.78, 5) is 0. The van der Waals surface area contributed by atoms with E-state index in [9.17, 15) is 0 Å². The van der Waals surface area contributed by atoms with Crippen LogP contribution >= 0.6 is 0 Å². The summed E-state index contributed by atoms with van der Waals surface area (Å²) in [5.41, 5.74) is 2.60. The zero-order valence-corrected chi connectivity index (χ0v) is 15.9. The van der Waals surface area contributed by atoms with Gasteiger partial charge >= 0.3 is 0 Å². The molecule has 1 atom stereocenters. The molecule has 0 bridgehead atoms. The van der Waals surface area contributed by atoms with Crippen LogP contribution in [0.5, 0.6) is 5.75 Å². The van der Waals surface area contributed by atoms with Gasteiger partial charge in [-0.3, -0.25) is 0 Å². The Morgan fingerprint density at radius 2 is 2.04 bits per heavy atom. The summed E-state index contributed by atoms with van der Waals surface area (Å²) in [5.74, 6) is 1.59. The van der Waals surface area contributed by atoms with Gasteiger partial charge in [0.05, 0.1) is 13.2 Å². The first-order chi connectivity index (χ1) is 11.7. The third-order valence-corrected chi connectivity index (χ3v) is 4.80. The molecule has 2 N–H and O–H groups in total. The quantitative estimate of drug-likeness (QED) is 0.625. The van der Waals surface area contributed by atoms with E-state index in [4.69, 9.17) is 9.47 Å². The van der Waals surface area contributed by atoms with Crippen LogP contribution in [0.4, 0.5) is 0 Å². The van der Waals surface area contributed by atoms with Crippen molar-refractivity contribution in [1.29, 1.82) is 0 Å². The lowest BCUT2D eigenvalue weighted by Crippen LogP contribution is -2.86. The van der Waals surface area contributed by atoms with E-state index in [0.29, 0.717) is 12.0 Å². The summed E-state index contributed by atoms with van der Waals surface area (Å²) in [6, 6.07) is 6.56. The van der Waals surface area contributed by atoms with Gasteiger partial charge in [-0.25, -0.2) is 0 Å². The summed E-state index contributed by atoms with van der Waals surface area (Å²) in [6.45, 7) is 10.8. The van der Waals surface area contributed by atoms with Crippen LogP contribution in [0.2, 0.25) is 0 Å². The first-order valence-electron chi connectivity index (χ1n) is 9.83. The number of benzene rings is 1. The summed E-state index contributed by atoms with van der Waals surface area (Å²) >= 11 is 0. The molecule has 1 aliphatic heterocycles. The van der Waals surface area contributed by atoms with Gasteiger partial charge in [0.2, 0.25) is 0 Å². The van der Waals surface area contributed by atoms with Crippen molar-refractivity contribution in [3.63, 3.8) is 0 Å². The minimum absolute atomic E-state index is 0.514. The van der Waals surface area contributed by atoms with Crippen molar-refractivity contribution in [2.75, 3.05) is 26.3 Å². The Balaban J connectivity index is 1.51. The maximum Gasteiger partial charge on any atom is 0.122 e. The smallest absolute Gasteiger partial charge is 0.122 e. The molecular weight excluding hydrogens is 298 g/mol. The second-order valence-electron chi connectivity index (χ2n) is 7.41. The number of quaternary nitrogens is 1. The van der Waals surface area contributed by atoms with Crippen molar-refractivity contribution >= 4 is 0 Å². The van der Waals surface area contributed by atoms with E-state index < -0.39 is 0 Å². The van der Waals surface area contributed by atoms with Gasteiger partial charge in [0.15, 0.2) is 0 Å². The zero-order valence-electron chi connectivity index (χ0n) is 15.9. The Morgan fingerprint density at radius 3 is 2.79 bits per heavy atom. The normalized spacial score (nSPS) is 17.6. The number of rotatable bonds is 11. The fourth-order valence-electron chi connectivity index (χ4n) is 3.30. The van der Waals surface area contributed by atoms with E-state index in [1.54, 1.807) is 0 Å². The predicted octanol–water partition coefficient (Wildman–Crippen LogP) is 3.80. The monoisotopic (exact) mass is 334 g/mol. The minimum Gasteiger partial charge on any atom is -0.493 e. The molecule has 2 rings (SSSR count). The number of unbranched alkanes of at least 4 members (excludes halogenated alkanes) is 3.